The second-order valence-corrected chi connectivity index (χ2v) is 7.70. The normalized spacial score (nSPS) is 22.9. The monoisotopic (exact) mass is 390 g/mol. The van der Waals surface area contributed by atoms with Crippen molar-refractivity contribution in [3.63, 3.8) is 0 Å². The van der Waals surface area contributed by atoms with Crippen LogP contribution in [-0.4, -0.2) is 15.8 Å². The van der Waals surface area contributed by atoms with Crippen molar-refractivity contribution in [1.29, 1.82) is 0 Å². The number of halogens is 1. The van der Waals surface area contributed by atoms with Crippen LogP contribution in [0.2, 0.25) is 5.02 Å². The first-order valence-corrected chi connectivity index (χ1v) is 9.63. The van der Waals surface area contributed by atoms with Crippen molar-refractivity contribution in [2.24, 2.45) is 5.10 Å². The molecular weight excluding hydrogens is 372 g/mol. The molecule has 0 bridgehead atoms. The van der Waals surface area contributed by atoms with E-state index in [0.717, 1.165) is 29.0 Å². The Balaban J connectivity index is 1.69. The van der Waals surface area contributed by atoms with Crippen molar-refractivity contribution in [2.45, 2.75) is 25.1 Å². The molecule has 0 fully saturated rings. The summed E-state index contributed by atoms with van der Waals surface area (Å²) in [6, 6.07) is 23.2. The zero-order chi connectivity index (χ0) is 19.3. The highest BCUT2D eigenvalue weighted by atomic mass is 35.5. The SMILES string of the molecule is CC1(c2cc(Cl)ccc2O)Oc2ccccc2C2CC(c3ccccc3)=NN21. The Morgan fingerprint density at radius 1 is 1.07 bits per heavy atom. The van der Waals surface area contributed by atoms with E-state index >= 15 is 0 Å². The molecule has 0 radical (unpaired) electrons. The summed E-state index contributed by atoms with van der Waals surface area (Å²) in [6.07, 6.45) is 0.765. The summed E-state index contributed by atoms with van der Waals surface area (Å²) < 4.78 is 6.44. The molecule has 5 rings (SSSR count). The molecule has 140 valence electrons. The standard InChI is InChI=1S/C23H19ClN2O2/c1-23(18-13-16(24)11-12-21(18)27)26-20(17-9-5-6-10-22(17)28-23)14-19(25-26)15-7-3-2-4-8-15/h2-13,20,27H,14H2,1H3. The molecule has 2 atom stereocenters. The van der Waals surface area contributed by atoms with E-state index in [4.69, 9.17) is 21.4 Å². The van der Waals surface area contributed by atoms with E-state index in [-0.39, 0.29) is 11.8 Å². The minimum Gasteiger partial charge on any atom is -0.507 e. The lowest BCUT2D eigenvalue weighted by Crippen LogP contribution is -2.48. The van der Waals surface area contributed by atoms with E-state index < -0.39 is 5.72 Å². The summed E-state index contributed by atoms with van der Waals surface area (Å²) >= 11 is 6.24. The molecule has 2 aliphatic rings. The van der Waals surface area contributed by atoms with Gasteiger partial charge in [-0.05, 0) is 29.8 Å². The molecule has 3 aromatic carbocycles. The molecule has 0 saturated heterocycles. The van der Waals surface area contributed by atoms with Gasteiger partial charge >= 0.3 is 0 Å². The Labute approximate surface area is 168 Å². The second kappa shape index (κ2) is 6.28. The van der Waals surface area contributed by atoms with Crippen LogP contribution in [0.25, 0.3) is 0 Å². The summed E-state index contributed by atoms with van der Waals surface area (Å²) in [7, 11) is 0. The number of rotatable bonds is 2. The van der Waals surface area contributed by atoms with E-state index in [2.05, 4.69) is 18.2 Å². The Morgan fingerprint density at radius 2 is 1.82 bits per heavy atom. The predicted octanol–water partition coefficient (Wildman–Crippen LogP) is 5.46. The van der Waals surface area contributed by atoms with E-state index in [1.165, 1.54) is 0 Å². The van der Waals surface area contributed by atoms with Crippen molar-refractivity contribution in [2.75, 3.05) is 0 Å². The van der Waals surface area contributed by atoms with Gasteiger partial charge in [0.1, 0.15) is 11.5 Å². The molecule has 1 N–H and O–H groups in total. The van der Waals surface area contributed by atoms with Gasteiger partial charge in [-0.2, -0.15) is 5.10 Å². The molecule has 4 nitrogen and oxygen atoms in total. The summed E-state index contributed by atoms with van der Waals surface area (Å²) in [4.78, 5) is 0. The molecule has 2 unspecified atom stereocenters. The smallest absolute Gasteiger partial charge is 0.225 e. The highest BCUT2D eigenvalue weighted by molar-refractivity contribution is 6.30. The molecule has 0 saturated carbocycles. The van der Waals surface area contributed by atoms with Crippen LogP contribution >= 0.6 is 11.6 Å². The van der Waals surface area contributed by atoms with Gasteiger partial charge in [-0.1, -0.05) is 60.1 Å². The molecular formula is C23H19ClN2O2. The third kappa shape index (κ3) is 2.56. The number of para-hydroxylation sites is 1. The Kier molecular flexibility index (Phi) is 3.84. The van der Waals surface area contributed by atoms with Gasteiger partial charge in [-0.3, -0.25) is 0 Å². The number of ether oxygens (including phenoxy) is 1. The number of fused-ring (bicyclic) bond motifs is 3. The number of aromatic hydroxyl groups is 1. The molecule has 28 heavy (non-hydrogen) atoms. The number of nitrogens with zero attached hydrogens (tertiary/aromatic N) is 2. The molecule has 3 aromatic rings. The Hall–Kier alpha value is -2.98. The number of hydrogen-bond acceptors (Lipinski definition) is 4. The number of hydrogen-bond donors (Lipinski definition) is 1. The highest BCUT2D eigenvalue weighted by Crippen LogP contribution is 2.51. The summed E-state index contributed by atoms with van der Waals surface area (Å²) in [5.74, 6) is 0.934. The van der Waals surface area contributed by atoms with Crippen molar-refractivity contribution < 1.29 is 9.84 Å². The van der Waals surface area contributed by atoms with E-state index in [0.29, 0.717) is 10.6 Å². The fourth-order valence-electron chi connectivity index (χ4n) is 4.12. The maximum atomic E-state index is 10.6. The van der Waals surface area contributed by atoms with Crippen LogP contribution in [0.15, 0.2) is 77.9 Å². The first kappa shape index (κ1) is 17.1. The van der Waals surface area contributed by atoms with Crippen molar-refractivity contribution in [3.05, 3.63) is 94.5 Å². The highest BCUT2D eigenvalue weighted by Gasteiger charge is 2.49. The van der Waals surface area contributed by atoms with Crippen LogP contribution in [0, 0.1) is 0 Å². The lowest BCUT2D eigenvalue weighted by atomic mass is 9.92. The minimum atomic E-state index is -0.982. The van der Waals surface area contributed by atoms with Gasteiger partial charge in [0.05, 0.1) is 17.3 Å². The largest absolute Gasteiger partial charge is 0.507 e. The molecule has 2 heterocycles. The van der Waals surface area contributed by atoms with Crippen LogP contribution in [0.5, 0.6) is 11.5 Å². The molecule has 2 aliphatic heterocycles. The van der Waals surface area contributed by atoms with Crippen LogP contribution in [0.1, 0.15) is 36.1 Å². The average molecular weight is 391 g/mol. The van der Waals surface area contributed by atoms with Crippen LogP contribution in [0.4, 0.5) is 0 Å². The Morgan fingerprint density at radius 3 is 2.64 bits per heavy atom. The van der Waals surface area contributed by atoms with Crippen LogP contribution in [0.3, 0.4) is 0 Å². The zero-order valence-corrected chi connectivity index (χ0v) is 16.1. The van der Waals surface area contributed by atoms with E-state index in [9.17, 15) is 5.11 Å². The molecule has 5 heteroatoms. The maximum absolute atomic E-state index is 10.6. The zero-order valence-electron chi connectivity index (χ0n) is 15.3. The predicted molar refractivity (Wildman–Crippen MR) is 110 cm³/mol. The fourth-order valence-corrected chi connectivity index (χ4v) is 4.29. The molecule has 0 spiro atoms. The molecule has 0 aromatic heterocycles. The van der Waals surface area contributed by atoms with Gasteiger partial charge in [-0.15, -0.1) is 0 Å². The van der Waals surface area contributed by atoms with Crippen LogP contribution < -0.4 is 4.74 Å². The number of phenols is 1. The van der Waals surface area contributed by atoms with E-state index in [1.807, 2.05) is 48.3 Å². The van der Waals surface area contributed by atoms with Gasteiger partial charge in [0.25, 0.3) is 0 Å². The number of benzene rings is 3. The summed E-state index contributed by atoms with van der Waals surface area (Å²) in [5, 5.41) is 18.0. The minimum absolute atomic E-state index is 0.0172. The Bertz CT molecular complexity index is 1080. The van der Waals surface area contributed by atoms with Gasteiger partial charge in [0, 0.05) is 23.9 Å². The maximum Gasteiger partial charge on any atom is 0.225 e. The van der Waals surface area contributed by atoms with Crippen molar-refractivity contribution in [1.82, 2.24) is 5.01 Å². The first-order chi connectivity index (χ1) is 13.6. The topological polar surface area (TPSA) is 45.1 Å². The summed E-state index contributed by atoms with van der Waals surface area (Å²) in [5.41, 5.74) is 2.80. The van der Waals surface area contributed by atoms with Gasteiger partial charge < -0.3 is 9.84 Å². The molecule has 0 amide bonds. The summed E-state index contributed by atoms with van der Waals surface area (Å²) in [6.45, 7) is 1.93. The van der Waals surface area contributed by atoms with Crippen molar-refractivity contribution in [3.8, 4) is 11.5 Å². The second-order valence-electron chi connectivity index (χ2n) is 7.26. The van der Waals surface area contributed by atoms with Crippen molar-refractivity contribution >= 4 is 17.3 Å². The van der Waals surface area contributed by atoms with E-state index in [1.54, 1.807) is 18.2 Å². The third-order valence-corrected chi connectivity index (χ3v) is 5.73. The first-order valence-electron chi connectivity index (χ1n) is 9.25. The fraction of sp³-hybridized carbons (Fsp3) is 0.174. The number of hydrazone groups is 1. The van der Waals surface area contributed by atoms with Gasteiger partial charge in [-0.25, -0.2) is 5.01 Å². The van der Waals surface area contributed by atoms with Crippen LogP contribution in [-0.2, 0) is 5.72 Å². The number of phenolic OH excluding ortho intramolecular Hbond substituents is 1. The average Bonchev–Trinajstić information content (AvgIpc) is 3.17. The lowest BCUT2D eigenvalue weighted by Gasteiger charge is -2.46. The molecule has 0 aliphatic carbocycles. The quantitative estimate of drug-likeness (QED) is 0.631. The third-order valence-electron chi connectivity index (χ3n) is 5.50. The van der Waals surface area contributed by atoms with Gasteiger partial charge in [0.2, 0.25) is 5.72 Å². The van der Waals surface area contributed by atoms with Gasteiger partial charge in [0.15, 0.2) is 0 Å². The lowest BCUT2D eigenvalue weighted by molar-refractivity contribution is -0.113.